The fourth-order valence-corrected chi connectivity index (χ4v) is 13.3. The molecule has 6 aliphatic heterocycles. The van der Waals surface area contributed by atoms with Crippen LogP contribution < -0.4 is 90.1 Å². The minimum Gasteiger partial charge on any atom is -0.389 e. The molecule has 2 saturated carbocycles. The van der Waals surface area contributed by atoms with Crippen LogP contribution in [-0.2, 0) is 56.8 Å². The fraction of sp³-hybridized carbons (Fsp3) is 0.852. The number of benzene rings is 1. The van der Waals surface area contributed by atoms with Crippen molar-refractivity contribution >= 4 is 46.0 Å². The Morgan fingerprint density at radius 1 is 0.354 bits per heavy atom. The Bertz CT molecular complexity index is 2500. The smallest absolute Gasteiger partial charge is 0.187 e. The maximum absolute atomic E-state index is 12.0. The average Bonchev–Trinajstić information content (AvgIpc) is 1.16. The van der Waals surface area contributed by atoms with E-state index in [1.165, 1.54) is 0 Å². The third-order valence-corrected chi connectivity index (χ3v) is 19.2. The van der Waals surface area contributed by atoms with E-state index in [2.05, 4.69) is 21.3 Å². The van der Waals surface area contributed by atoms with Gasteiger partial charge in [-0.05, 0) is 55.5 Å². The van der Waals surface area contributed by atoms with E-state index in [1.807, 2.05) is 0 Å². The van der Waals surface area contributed by atoms with Gasteiger partial charge in [-0.2, -0.15) is 0 Å². The van der Waals surface area contributed by atoms with E-state index >= 15 is 0 Å². The fourth-order valence-electron chi connectivity index (χ4n) is 12.9. The van der Waals surface area contributed by atoms with Crippen molar-refractivity contribution in [3.8, 4) is 0 Å². The molecule has 0 amide bonds. The second-order valence-corrected chi connectivity index (χ2v) is 26.2. The molecule has 0 radical (unpaired) electrons. The largest absolute Gasteiger partial charge is 0.389 e. The van der Waals surface area contributed by atoms with Crippen LogP contribution in [0.25, 0.3) is 0 Å². The van der Waals surface area contributed by atoms with E-state index in [4.69, 9.17) is 150 Å². The third-order valence-electron chi connectivity index (χ3n) is 18.7. The van der Waals surface area contributed by atoms with Gasteiger partial charge in [-0.25, -0.2) is 0 Å². The zero-order chi connectivity index (χ0) is 70.0. The van der Waals surface area contributed by atoms with Crippen molar-refractivity contribution in [1.29, 1.82) is 0 Å². The summed E-state index contributed by atoms with van der Waals surface area (Å²) in [7, 11) is 0. The molecule has 0 spiro atoms. The molecular weight excluding hydrogens is 1320 g/mol. The molecule has 40 nitrogen and oxygen atoms in total. The minimum absolute atomic E-state index is 0.00152. The molecule has 0 bridgehead atoms. The van der Waals surface area contributed by atoms with E-state index < -0.39 is 233 Å². The first-order chi connectivity index (χ1) is 45.5. The molecular formula is C54H98N16O24S2. The summed E-state index contributed by atoms with van der Waals surface area (Å²) in [6.07, 6.45) is -43.2. The highest BCUT2D eigenvalue weighted by Gasteiger charge is 2.58. The van der Waals surface area contributed by atoms with Crippen LogP contribution in [0.15, 0.2) is 24.3 Å². The topological polar surface area (TPSA) is 714 Å². The van der Waals surface area contributed by atoms with Crippen molar-refractivity contribution in [2.24, 2.45) is 68.8 Å². The van der Waals surface area contributed by atoms with Gasteiger partial charge in [0.1, 0.15) is 134 Å². The van der Waals surface area contributed by atoms with Crippen molar-refractivity contribution < 1.29 is 118 Å². The number of thiocarbonyl (C=S) groups is 2. The van der Waals surface area contributed by atoms with E-state index in [1.54, 1.807) is 24.3 Å². The van der Waals surface area contributed by atoms with E-state index in [0.29, 0.717) is 11.4 Å². The van der Waals surface area contributed by atoms with Crippen LogP contribution in [-0.4, -0.2) is 343 Å². The zero-order valence-corrected chi connectivity index (χ0v) is 53.5. The summed E-state index contributed by atoms with van der Waals surface area (Å²) in [6.45, 7) is -1.47. The number of aliphatic hydroxyl groups is 12. The number of anilines is 2. The third kappa shape index (κ3) is 16.9. The van der Waals surface area contributed by atoms with Crippen LogP contribution in [0.5, 0.6) is 0 Å². The lowest BCUT2D eigenvalue weighted by Gasteiger charge is -2.47. The Hall–Kier alpha value is -2.84. The molecule has 6 heterocycles. The number of nitrogens with two attached hydrogens (primary N) is 12. The molecule has 1 aromatic carbocycles. The van der Waals surface area contributed by atoms with Crippen molar-refractivity contribution in [2.75, 3.05) is 49.9 Å². The van der Waals surface area contributed by atoms with Crippen molar-refractivity contribution in [3.05, 3.63) is 24.3 Å². The van der Waals surface area contributed by atoms with Gasteiger partial charge in [0.2, 0.25) is 0 Å². The SMILES string of the molecule is NCC1O[C@H](OC2C(N)C[C@@H](N)C(O)[C@H]2O[C@@H]2O[C@H](CNC(=S)Nc3cccc(NC(=S)NC[C@H]4O[C@@H](OC5C(O[C@@H]6OC(CN)C(O)[C@H](O)C6N)C(N)C[C@H](N)[C@@H]5O)C(O)C4O[C@@H]4O[C@H](CN)C(O)C(O)C4N)c3)C(O[C@H]3O[C@@H](CN)C(O)C(O)C3N)[C@@H]2O)C(N)[C@@H](O)C1O. The normalized spacial score (nSPS) is 48.5. The van der Waals surface area contributed by atoms with Crippen molar-refractivity contribution in [2.45, 2.75) is 245 Å². The molecule has 8 fully saturated rings. The Labute approximate surface area is 561 Å². The standard InChI is InChI=1S/C54H98N16O24S2/c55-7-19-31(73)35(77)25(63)47(83-19)89-41-17(61)5-15(59)29(71)45(41)93-51-39(81)43(91-49-27(65)37(79)33(75)21(9-57)85-49)23(87-51)11-67-53(95)69-13-2-1-3-14(4-13)70-54(96)68-12-24-44(92-50-28(66)38(80)34(76)22(10-58)86-50)40(82)52(88-24)94-46-30(72)16(60)6-18(62)42(46)90-48-26(64)36(78)32(74)20(8-56)84-48/h1-4,15-52,71-82H,5-12,55-66H2,(H2,67,69,95)(H2,68,70,96)/t15-,16+,17?,18?,19?,20?,21+,22-,23-,24-,25?,26?,27?,28?,29?,30+,31?,32?,33?,34?,35-,36-,37?,38?,39+,40?,41?,42?,43?,44?,45-,46?,47-,48+,49-,50+,51+,52+/m1/s1. The summed E-state index contributed by atoms with van der Waals surface area (Å²) in [5, 5.41) is 145. The van der Waals surface area contributed by atoms with Crippen LogP contribution in [0.3, 0.4) is 0 Å². The first-order valence-electron chi connectivity index (χ1n) is 31.6. The van der Waals surface area contributed by atoms with Gasteiger partial charge in [-0.3, -0.25) is 0 Å². The van der Waals surface area contributed by atoms with Crippen LogP contribution in [0.4, 0.5) is 11.4 Å². The van der Waals surface area contributed by atoms with Gasteiger partial charge in [-0.1, -0.05) is 6.07 Å². The van der Waals surface area contributed by atoms with Gasteiger partial charge >= 0.3 is 0 Å². The quantitative estimate of drug-likeness (QED) is 0.0479. The predicted octanol–water partition coefficient (Wildman–Crippen LogP) is -15.5. The number of hydrogen-bond acceptors (Lipinski definition) is 38. The van der Waals surface area contributed by atoms with E-state index in [0.717, 1.165) is 0 Å². The maximum atomic E-state index is 12.0. The summed E-state index contributed by atoms with van der Waals surface area (Å²) in [4.78, 5) is 0. The first-order valence-corrected chi connectivity index (χ1v) is 32.4. The van der Waals surface area contributed by atoms with Crippen molar-refractivity contribution in [3.63, 3.8) is 0 Å². The summed E-state index contributed by atoms with van der Waals surface area (Å²) in [6, 6.07) is -2.73. The van der Waals surface area contributed by atoms with Crippen LogP contribution in [0, 0.1) is 0 Å². The highest BCUT2D eigenvalue weighted by atomic mass is 32.1. The van der Waals surface area contributed by atoms with Gasteiger partial charge in [0.25, 0.3) is 0 Å². The molecule has 21 unspecified atom stereocenters. The van der Waals surface area contributed by atoms with Crippen LogP contribution in [0.1, 0.15) is 12.8 Å². The molecule has 40 N–H and O–H groups in total. The number of rotatable bonds is 22. The van der Waals surface area contributed by atoms with Gasteiger partial charge < -0.3 is 208 Å². The average molecular weight is 1420 g/mol. The molecule has 2 aliphatic carbocycles. The Morgan fingerprint density at radius 2 is 0.625 bits per heavy atom. The monoisotopic (exact) mass is 1420 g/mol. The number of hydrogen-bond donors (Lipinski definition) is 28. The molecule has 38 atom stereocenters. The molecule has 0 aromatic heterocycles. The molecule has 42 heteroatoms. The number of nitrogens with one attached hydrogen (secondary N) is 4. The van der Waals surface area contributed by atoms with Crippen LogP contribution >= 0.6 is 24.4 Å². The second kappa shape index (κ2) is 33.5. The second-order valence-electron chi connectivity index (χ2n) is 25.4. The van der Waals surface area contributed by atoms with Gasteiger partial charge in [0, 0.05) is 74.8 Å². The molecule has 1 aromatic rings. The minimum atomic E-state index is -1.75. The Morgan fingerprint density at radius 3 is 0.917 bits per heavy atom. The maximum Gasteiger partial charge on any atom is 0.187 e. The lowest BCUT2D eigenvalue weighted by Crippen LogP contribution is -2.68. The van der Waals surface area contributed by atoms with Gasteiger partial charge in [0.05, 0.1) is 36.4 Å². The highest BCUT2D eigenvalue weighted by Crippen LogP contribution is 2.38. The molecule has 6 saturated heterocycles. The van der Waals surface area contributed by atoms with E-state index in [9.17, 15) is 61.3 Å². The summed E-state index contributed by atoms with van der Waals surface area (Å²) >= 11 is 11.4. The number of aliphatic hydroxyl groups excluding tert-OH is 12. The molecule has 550 valence electrons. The van der Waals surface area contributed by atoms with Gasteiger partial charge in [-0.15, -0.1) is 0 Å². The first kappa shape index (κ1) is 77.3. The summed E-state index contributed by atoms with van der Waals surface area (Å²) in [5.41, 5.74) is 74.8. The molecule has 8 aliphatic rings. The Kier molecular flexibility index (Phi) is 27.0. The van der Waals surface area contributed by atoms with Crippen molar-refractivity contribution in [1.82, 2.24) is 10.6 Å². The zero-order valence-electron chi connectivity index (χ0n) is 51.9. The van der Waals surface area contributed by atoms with Crippen LogP contribution in [0.2, 0.25) is 0 Å². The lowest BCUT2D eigenvalue weighted by molar-refractivity contribution is -0.306. The molecule has 9 rings (SSSR count). The summed E-state index contributed by atoms with van der Waals surface area (Å²) in [5.74, 6) is 0. The van der Waals surface area contributed by atoms with E-state index in [-0.39, 0.29) is 62.3 Å². The number of ether oxygens (including phenoxy) is 12. The Balaban J connectivity index is 0.863. The summed E-state index contributed by atoms with van der Waals surface area (Å²) < 4.78 is 73.3. The predicted molar refractivity (Wildman–Crippen MR) is 337 cm³/mol. The molecule has 96 heavy (non-hydrogen) atoms. The van der Waals surface area contributed by atoms with Gasteiger partial charge in [0.15, 0.2) is 48.0 Å². The highest BCUT2D eigenvalue weighted by molar-refractivity contribution is 7.80. The lowest BCUT2D eigenvalue weighted by atomic mass is 9.84.